The Bertz CT molecular complexity index is 731. The molecular weight excluding hydrogens is 250 g/mol. The molecule has 3 rings (SSSR count). The number of nitrogens with one attached hydrogen (secondary N) is 1. The average molecular weight is 267 g/mol. The third-order valence-corrected chi connectivity index (χ3v) is 3.51. The van der Waals surface area contributed by atoms with Gasteiger partial charge in [-0.15, -0.1) is 0 Å². The van der Waals surface area contributed by atoms with Crippen molar-refractivity contribution in [3.8, 4) is 11.5 Å². The van der Waals surface area contributed by atoms with Gasteiger partial charge in [-0.05, 0) is 40.8 Å². The summed E-state index contributed by atoms with van der Waals surface area (Å²) in [5.41, 5.74) is 3.58. The summed E-state index contributed by atoms with van der Waals surface area (Å²) in [5, 5.41) is 1.23. The number of hydrogen-bond acceptors (Lipinski definition) is 2. The van der Waals surface area contributed by atoms with Gasteiger partial charge in [0.2, 0.25) is 0 Å². The normalized spacial score (nSPS) is 10.7. The van der Waals surface area contributed by atoms with Crippen LogP contribution in [0.4, 0.5) is 0 Å². The van der Waals surface area contributed by atoms with Crippen molar-refractivity contribution in [1.82, 2.24) is 4.98 Å². The maximum Gasteiger partial charge on any atom is 0.126 e. The molecule has 3 aromatic rings. The van der Waals surface area contributed by atoms with E-state index < -0.39 is 0 Å². The Morgan fingerprint density at radius 3 is 2.65 bits per heavy atom. The second-order valence-corrected chi connectivity index (χ2v) is 4.75. The lowest BCUT2D eigenvalue weighted by molar-refractivity contribution is 0.391. The average Bonchev–Trinajstić information content (AvgIpc) is 2.95. The number of benzene rings is 2. The molecule has 0 aliphatic rings. The predicted molar refractivity (Wildman–Crippen MR) is 80.7 cm³/mol. The summed E-state index contributed by atoms with van der Waals surface area (Å²) in [5.74, 6) is 1.67. The van der Waals surface area contributed by atoms with Crippen LogP contribution < -0.4 is 9.47 Å². The molecule has 2 aromatic carbocycles. The SMILES string of the molecule is COc1ccc(Cc2ccc3[nH]ccc3c2)c(OC)c1. The lowest BCUT2D eigenvalue weighted by Crippen LogP contribution is -1.95. The molecule has 0 radical (unpaired) electrons. The van der Waals surface area contributed by atoms with Crippen LogP contribution in [0.1, 0.15) is 11.1 Å². The second kappa shape index (κ2) is 5.29. The number of hydrogen-bond donors (Lipinski definition) is 1. The Morgan fingerprint density at radius 2 is 1.85 bits per heavy atom. The highest BCUT2D eigenvalue weighted by Crippen LogP contribution is 2.27. The molecule has 102 valence electrons. The van der Waals surface area contributed by atoms with E-state index in [0.29, 0.717) is 0 Å². The molecule has 3 heteroatoms. The van der Waals surface area contributed by atoms with Crippen molar-refractivity contribution in [3.05, 3.63) is 59.8 Å². The fraction of sp³-hybridized carbons (Fsp3) is 0.176. The van der Waals surface area contributed by atoms with Gasteiger partial charge >= 0.3 is 0 Å². The molecule has 0 amide bonds. The molecule has 20 heavy (non-hydrogen) atoms. The molecular formula is C17H17NO2. The predicted octanol–water partition coefficient (Wildman–Crippen LogP) is 3.78. The molecule has 0 spiro atoms. The number of aromatic amines is 1. The first-order valence-electron chi connectivity index (χ1n) is 6.57. The molecule has 0 saturated heterocycles. The van der Waals surface area contributed by atoms with Gasteiger partial charge in [0, 0.05) is 24.2 Å². The second-order valence-electron chi connectivity index (χ2n) is 4.75. The Balaban J connectivity index is 1.93. The van der Waals surface area contributed by atoms with Crippen molar-refractivity contribution in [3.63, 3.8) is 0 Å². The zero-order chi connectivity index (χ0) is 13.9. The topological polar surface area (TPSA) is 34.2 Å². The van der Waals surface area contributed by atoms with E-state index in [0.717, 1.165) is 29.0 Å². The Labute approximate surface area is 118 Å². The lowest BCUT2D eigenvalue weighted by atomic mass is 10.0. The van der Waals surface area contributed by atoms with E-state index in [1.54, 1.807) is 14.2 Å². The smallest absolute Gasteiger partial charge is 0.126 e. The number of fused-ring (bicyclic) bond motifs is 1. The van der Waals surface area contributed by atoms with Crippen LogP contribution in [0, 0.1) is 0 Å². The number of aromatic nitrogens is 1. The number of ether oxygens (including phenoxy) is 2. The zero-order valence-corrected chi connectivity index (χ0v) is 11.6. The summed E-state index contributed by atoms with van der Waals surface area (Å²) in [7, 11) is 3.35. The van der Waals surface area contributed by atoms with E-state index in [2.05, 4.69) is 35.3 Å². The van der Waals surface area contributed by atoms with E-state index in [9.17, 15) is 0 Å². The highest BCUT2D eigenvalue weighted by atomic mass is 16.5. The number of methoxy groups -OCH3 is 2. The third-order valence-electron chi connectivity index (χ3n) is 3.51. The summed E-state index contributed by atoms with van der Waals surface area (Å²) in [6, 6.07) is 14.5. The monoisotopic (exact) mass is 267 g/mol. The van der Waals surface area contributed by atoms with Crippen LogP contribution in [-0.2, 0) is 6.42 Å². The quantitative estimate of drug-likeness (QED) is 0.780. The van der Waals surface area contributed by atoms with E-state index >= 15 is 0 Å². The molecule has 0 saturated carbocycles. The molecule has 0 fully saturated rings. The van der Waals surface area contributed by atoms with E-state index in [-0.39, 0.29) is 0 Å². The molecule has 1 N–H and O–H groups in total. The largest absolute Gasteiger partial charge is 0.497 e. The minimum atomic E-state index is 0.812. The summed E-state index contributed by atoms with van der Waals surface area (Å²) >= 11 is 0. The molecule has 0 aliphatic carbocycles. The Kier molecular flexibility index (Phi) is 3.33. The maximum atomic E-state index is 5.45. The fourth-order valence-corrected chi connectivity index (χ4v) is 2.43. The zero-order valence-electron chi connectivity index (χ0n) is 11.6. The summed E-state index contributed by atoms with van der Waals surface area (Å²) in [6.45, 7) is 0. The molecule has 0 bridgehead atoms. The van der Waals surface area contributed by atoms with Gasteiger partial charge in [-0.3, -0.25) is 0 Å². The molecule has 3 nitrogen and oxygen atoms in total. The highest BCUT2D eigenvalue weighted by Gasteiger charge is 2.06. The molecule has 0 aliphatic heterocycles. The van der Waals surface area contributed by atoms with Crippen LogP contribution in [0.2, 0.25) is 0 Å². The van der Waals surface area contributed by atoms with Crippen LogP contribution in [0.3, 0.4) is 0 Å². The molecule has 0 unspecified atom stereocenters. The standard InChI is InChI=1S/C17H17NO2/c1-19-15-5-4-14(17(11-15)20-2)10-12-3-6-16-13(9-12)7-8-18-16/h3-9,11,18H,10H2,1-2H3. The third kappa shape index (κ3) is 2.35. The van der Waals surface area contributed by atoms with E-state index in [4.69, 9.17) is 9.47 Å². The summed E-state index contributed by atoms with van der Waals surface area (Å²) in [6.07, 6.45) is 2.80. The van der Waals surface area contributed by atoms with Crippen LogP contribution in [0.25, 0.3) is 10.9 Å². The van der Waals surface area contributed by atoms with Gasteiger partial charge < -0.3 is 14.5 Å². The molecule has 1 aromatic heterocycles. The van der Waals surface area contributed by atoms with Crippen molar-refractivity contribution in [2.24, 2.45) is 0 Å². The van der Waals surface area contributed by atoms with Crippen molar-refractivity contribution in [2.45, 2.75) is 6.42 Å². The molecule has 1 heterocycles. The Morgan fingerprint density at radius 1 is 0.950 bits per heavy atom. The van der Waals surface area contributed by atoms with Gasteiger partial charge in [-0.2, -0.15) is 0 Å². The number of rotatable bonds is 4. The summed E-state index contributed by atoms with van der Waals surface area (Å²) < 4.78 is 10.7. The van der Waals surface area contributed by atoms with Gasteiger partial charge in [0.15, 0.2) is 0 Å². The van der Waals surface area contributed by atoms with Crippen LogP contribution >= 0.6 is 0 Å². The van der Waals surface area contributed by atoms with Gasteiger partial charge in [-0.1, -0.05) is 12.1 Å². The van der Waals surface area contributed by atoms with E-state index in [1.165, 1.54) is 10.9 Å². The first-order valence-corrected chi connectivity index (χ1v) is 6.57. The van der Waals surface area contributed by atoms with Crippen LogP contribution in [-0.4, -0.2) is 19.2 Å². The first kappa shape index (κ1) is 12.6. The fourth-order valence-electron chi connectivity index (χ4n) is 2.43. The van der Waals surface area contributed by atoms with Crippen LogP contribution in [0.5, 0.6) is 11.5 Å². The van der Waals surface area contributed by atoms with Gasteiger partial charge in [0.25, 0.3) is 0 Å². The van der Waals surface area contributed by atoms with Crippen molar-refractivity contribution < 1.29 is 9.47 Å². The minimum Gasteiger partial charge on any atom is -0.497 e. The van der Waals surface area contributed by atoms with Crippen molar-refractivity contribution in [1.29, 1.82) is 0 Å². The lowest BCUT2D eigenvalue weighted by Gasteiger charge is -2.10. The van der Waals surface area contributed by atoms with Gasteiger partial charge in [0.1, 0.15) is 11.5 Å². The maximum absolute atomic E-state index is 5.45. The van der Waals surface area contributed by atoms with Crippen molar-refractivity contribution in [2.75, 3.05) is 14.2 Å². The summed E-state index contributed by atoms with van der Waals surface area (Å²) in [4.78, 5) is 3.21. The van der Waals surface area contributed by atoms with Gasteiger partial charge in [0.05, 0.1) is 14.2 Å². The Hall–Kier alpha value is -2.42. The minimum absolute atomic E-state index is 0.812. The van der Waals surface area contributed by atoms with Gasteiger partial charge in [-0.25, -0.2) is 0 Å². The first-order chi connectivity index (χ1) is 9.80. The van der Waals surface area contributed by atoms with Crippen molar-refractivity contribution >= 4 is 10.9 Å². The number of H-pyrrole nitrogens is 1. The molecule has 0 atom stereocenters. The van der Waals surface area contributed by atoms with E-state index in [1.807, 2.05) is 18.3 Å². The highest BCUT2D eigenvalue weighted by molar-refractivity contribution is 5.80. The van der Waals surface area contributed by atoms with Crippen LogP contribution in [0.15, 0.2) is 48.7 Å².